The molecule has 0 N–H and O–H groups in total. The molecule has 0 spiro atoms. The minimum absolute atomic E-state index is 0.908. The van der Waals surface area contributed by atoms with Gasteiger partial charge in [0.2, 0.25) is 0 Å². The summed E-state index contributed by atoms with van der Waals surface area (Å²) in [5, 5.41) is 9.66. The quantitative estimate of drug-likeness (QED) is 0.125. The molecule has 0 radical (unpaired) electrons. The van der Waals surface area contributed by atoms with Crippen LogP contribution < -0.4 is 0 Å². The molecule has 1 nitrogen and oxygen atoms in total. The van der Waals surface area contributed by atoms with Crippen molar-refractivity contribution in [3.8, 4) is 44.5 Å². The Kier molecular flexibility index (Phi) is 7.78. The molecule has 0 atom stereocenters. The highest BCUT2D eigenvalue weighted by atomic mass is 16.3. The zero-order chi connectivity index (χ0) is 36.0. The van der Waals surface area contributed by atoms with Gasteiger partial charge in [0.25, 0.3) is 0 Å². The van der Waals surface area contributed by atoms with Gasteiger partial charge in [-0.2, -0.15) is 0 Å². The van der Waals surface area contributed by atoms with Crippen molar-refractivity contribution in [2.45, 2.75) is 6.92 Å². The van der Waals surface area contributed by atoms with E-state index < -0.39 is 0 Å². The Morgan fingerprint density at radius 2 is 0.907 bits per heavy atom. The Morgan fingerprint density at radius 1 is 0.370 bits per heavy atom. The van der Waals surface area contributed by atoms with Crippen LogP contribution in [0.3, 0.4) is 0 Å². The third kappa shape index (κ3) is 5.41. The van der Waals surface area contributed by atoms with Crippen LogP contribution in [0, 0.1) is 0 Å². The SMILES string of the molecule is C/C=C\C=C/c1ccccc1-c1cccc(-c2c3ccccc3c(-c3cccc(-c4ccc5oc6cc7ccccc7cc6c5c4)c3)c3ccccc23)c1. The molecule has 0 aliphatic heterocycles. The van der Waals surface area contributed by atoms with Crippen LogP contribution >= 0.6 is 0 Å². The van der Waals surface area contributed by atoms with Gasteiger partial charge in [-0.15, -0.1) is 0 Å². The maximum Gasteiger partial charge on any atom is 0.136 e. The molecule has 0 fully saturated rings. The molecule has 0 amide bonds. The van der Waals surface area contributed by atoms with E-state index in [9.17, 15) is 0 Å². The number of allylic oxidation sites excluding steroid dienone is 3. The van der Waals surface area contributed by atoms with Crippen molar-refractivity contribution >= 4 is 60.3 Å². The molecule has 0 aliphatic rings. The summed E-state index contributed by atoms with van der Waals surface area (Å²) in [6.07, 6.45) is 8.42. The fraction of sp³-hybridized carbons (Fsp3) is 0.0189. The lowest BCUT2D eigenvalue weighted by molar-refractivity contribution is 0.669. The van der Waals surface area contributed by atoms with Crippen molar-refractivity contribution in [1.29, 1.82) is 0 Å². The molecule has 0 saturated heterocycles. The lowest BCUT2D eigenvalue weighted by atomic mass is 9.84. The van der Waals surface area contributed by atoms with E-state index in [1.807, 2.05) is 6.92 Å². The number of hydrogen-bond donors (Lipinski definition) is 0. The molecule has 1 heterocycles. The van der Waals surface area contributed by atoms with Crippen molar-refractivity contribution < 1.29 is 4.42 Å². The van der Waals surface area contributed by atoms with Crippen LogP contribution in [0.1, 0.15) is 12.5 Å². The Balaban J connectivity index is 1.13. The van der Waals surface area contributed by atoms with Gasteiger partial charge in [0.1, 0.15) is 11.2 Å². The number of rotatable bonds is 6. The minimum Gasteiger partial charge on any atom is -0.456 e. The van der Waals surface area contributed by atoms with Gasteiger partial charge >= 0.3 is 0 Å². The molecule has 1 heteroatoms. The van der Waals surface area contributed by atoms with E-state index in [4.69, 9.17) is 4.42 Å². The van der Waals surface area contributed by atoms with Gasteiger partial charge in [0, 0.05) is 10.8 Å². The van der Waals surface area contributed by atoms with Crippen LogP contribution in [0.2, 0.25) is 0 Å². The first-order valence-electron chi connectivity index (χ1n) is 18.6. The molecule has 1 aromatic heterocycles. The van der Waals surface area contributed by atoms with Crippen molar-refractivity contribution in [3.05, 3.63) is 200 Å². The Morgan fingerprint density at radius 3 is 1.59 bits per heavy atom. The second-order valence-corrected chi connectivity index (χ2v) is 14.0. The largest absolute Gasteiger partial charge is 0.456 e. The summed E-state index contributed by atoms with van der Waals surface area (Å²) in [6, 6.07) is 64.0. The summed E-state index contributed by atoms with van der Waals surface area (Å²) in [6.45, 7) is 2.04. The maximum absolute atomic E-state index is 6.34. The van der Waals surface area contributed by atoms with Crippen molar-refractivity contribution in [1.82, 2.24) is 0 Å². The molecule has 0 aliphatic carbocycles. The first kappa shape index (κ1) is 31.7. The Hall–Kier alpha value is -6.96. The van der Waals surface area contributed by atoms with Crippen molar-refractivity contribution in [3.63, 3.8) is 0 Å². The van der Waals surface area contributed by atoms with Gasteiger partial charge in [-0.1, -0.05) is 164 Å². The number of fused-ring (bicyclic) bond motifs is 6. The highest BCUT2D eigenvalue weighted by Crippen LogP contribution is 2.45. The smallest absolute Gasteiger partial charge is 0.136 e. The second-order valence-electron chi connectivity index (χ2n) is 14.0. The zero-order valence-corrected chi connectivity index (χ0v) is 30.0. The average Bonchev–Trinajstić information content (AvgIpc) is 3.58. The fourth-order valence-corrected chi connectivity index (χ4v) is 8.26. The summed E-state index contributed by atoms with van der Waals surface area (Å²) in [4.78, 5) is 0. The molecular formula is C53H36O. The number of benzene rings is 9. The lowest BCUT2D eigenvalue weighted by Crippen LogP contribution is -1.92. The lowest BCUT2D eigenvalue weighted by Gasteiger charge is -2.19. The molecule has 0 saturated carbocycles. The van der Waals surface area contributed by atoms with Crippen LogP contribution in [0.4, 0.5) is 0 Å². The Labute approximate surface area is 314 Å². The van der Waals surface area contributed by atoms with E-state index in [1.54, 1.807) is 0 Å². The van der Waals surface area contributed by atoms with E-state index in [2.05, 4.69) is 200 Å². The monoisotopic (exact) mass is 688 g/mol. The molecule has 9 aromatic carbocycles. The average molecular weight is 689 g/mol. The third-order valence-electron chi connectivity index (χ3n) is 10.8. The van der Waals surface area contributed by atoms with E-state index in [1.165, 1.54) is 82.4 Å². The molecule has 54 heavy (non-hydrogen) atoms. The second kappa shape index (κ2) is 13.2. The first-order chi connectivity index (χ1) is 26.7. The molecular weight excluding hydrogens is 653 g/mol. The van der Waals surface area contributed by atoms with Crippen molar-refractivity contribution in [2.24, 2.45) is 0 Å². The molecule has 10 aromatic rings. The summed E-state index contributed by atoms with van der Waals surface area (Å²) >= 11 is 0. The zero-order valence-electron chi connectivity index (χ0n) is 30.0. The maximum atomic E-state index is 6.34. The predicted molar refractivity (Wildman–Crippen MR) is 232 cm³/mol. The van der Waals surface area contributed by atoms with Gasteiger partial charge in [0.05, 0.1) is 0 Å². The fourth-order valence-electron chi connectivity index (χ4n) is 8.26. The highest BCUT2D eigenvalue weighted by molar-refractivity contribution is 6.21. The molecule has 0 unspecified atom stereocenters. The summed E-state index contributed by atoms with van der Waals surface area (Å²) in [5.74, 6) is 0. The molecule has 254 valence electrons. The topological polar surface area (TPSA) is 13.1 Å². The first-order valence-corrected chi connectivity index (χ1v) is 18.6. The van der Waals surface area contributed by atoms with Crippen LogP contribution in [-0.4, -0.2) is 0 Å². The van der Waals surface area contributed by atoms with E-state index in [0.29, 0.717) is 0 Å². The highest BCUT2D eigenvalue weighted by Gasteiger charge is 2.18. The Bertz CT molecular complexity index is 3060. The normalized spacial score (nSPS) is 12.0. The summed E-state index contributed by atoms with van der Waals surface area (Å²) < 4.78 is 6.34. The van der Waals surface area contributed by atoms with Crippen LogP contribution in [0.5, 0.6) is 0 Å². The van der Waals surface area contributed by atoms with Gasteiger partial charge in [-0.3, -0.25) is 0 Å². The van der Waals surface area contributed by atoms with E-state index in [0.717, 1.165) is 21.9 Å². The van der Waals surface area contributed by atoms with Crippen LogP contribution in [-0.2, 0) is 0 Å². The van der Waals surface area contributed by atoms with Crippen molar-refractivity contribution in [2.75, 3.05) is 0 Å². The van der Waals surface area contributed by atoms with Gasteiger partial charge in [0.15, 0.2) is 0 Å². The predicted octanol–water partition coefficient (Wildman–Crippen LogP) is 15.3. The summed E-state index contributed by atoms with van der Waals surface area (Å²) in [5.41, 5.74) is 12.7. The molecule has 10 rings (SSSR count). The van der Waals surface area contributed by atoms with Crippen LogP contribution in [0.25, 0.3) is 105 Å². The van der Waals surface area contributed by atoms with Crippen LogP contribution in [0.15, 0.2) is 199 Å². The summed E-state index contributed by atoms with van der Waals surface area (Å²) in [7, 11) is 0. The number of hydrogen-bond acceptors (Lipinski definition) is 1. The van der Waals surface area contributed by atoms with Gasteiger partial charge in [-0.25, -0.2) is 0 Å². The van der Waals surface area contributed by atoms with E-state index in [-0.39, 0.29) is 0 Å². The van der Waals surface area contributed by atoms with E-state index >= 15 is 0 Å². The minimum atomic E-state index is 0.908. The molecule has 0 bridgehead atoms. The van der Waals surface area contributed by atoms with Gasteiger partial charge in [-0.05, 0) is 126 Å². The number of furan rings is 1. The van der Waals surface area contributed by atoms with Gasteiger partial charge < -0.3 is 4.42 Å². The standard InChI is InChI=1S/C53H36O/c1-2-3-4-15-35-16-7-8-23-43(35)40-20-14-22-42(31-40)53-46-26-11-9-24-44(46)52(45-25-10-12-27-47(45)53)41-21-13-19-36(30-41)39-28-29-50-48(33-39)49-32-37-17-5-6-18-38(37)34-51(49)54-50/h2-34H,1H3/b3-2-,15-4-. The third-order valence-corrected chi connectivity index (χ3v) is 10.8.